The molecule has 2 aromatic carbocycles. The van der Waals surface area contributed by atoms with E-state index in [9.17, 15) is 4.79 Å². The molecular formula is C21H20N2O2. The second-order valence-electron chi connectivity index (χ2n) is 6.56. The molecule has 0 radical (unpaired) electrons. The molecule has 126 valence electrons. The van der Waals surface area contributed by atoms with Crippen LogP contribution in [0, 0.1) is 0 Å². The molecule has 0 N–H and O–H groups in total. The van der Waals surface area contributed by atoms with Crippen LogP contribution in [0.25, 0.3) is 0 Å². The van der Waals surface area contributed by atoms with Gasteiger partial charge in [0.2, 0.25) is 0 Å². The predicted octanol–water partition coefficient (Wildman–Crippen LogP) is 4.42. The molecule has 4 heteroatoms. The molecule has 2 heterocycles. The van der Waals surface area contributed by atoms with Crippen LogP contribution in [0.4, 0.5) is 0 Å². The van der Waals surface area contributed by atoms with E-state index in [0.717, 1.165) is 18.4 Å². The summed E-state index contributed by atoms with van der Waals surface area (Å²) in [6.07, 6.45) is 2.45. The van der Waals surface area contributed by atoms with Gasteiger partial charge < -0.3 is 4.84 Å². The maximum absolute atomic E-state index is 11.4. The molecule has 2 aliphatic heterocycles. The van der Waals surface area contributed by atoms with Gasteiger partial charge in [-0.2, -0.15) is 0 Å². The van der Waals surface area contributed by atoms with Gasteiger partial charge in [-0.05, 0) is 29.5 Å². The van der Waals surface area contributed by atoms with Gasteiger partial charge in [-0.3, -0.25) is 9.79 Å². The van der Waals surface area contributed by atoms with Crippen molar-refractivity contribution in [2.24, 2.45) is 10.1 Å². The lowest BCUT2D eigenvalue weighted by Crippen LogP contribution is -2.08. The quantitative estimate of drug-likeness (QED) is 0.832. The van der Waals surface area contributed by atoms with E-state index in [0.29, 0.717) is 12.1 Å². The summed E-state index contributed by atoms with van der Waals surface area (Å²) >= 11 is 0. The van der Waals surface area contributed by atoms with E-state index in [1.807, 2.05) is 6.07 Å². The summed E-state index contributed by atoms with van der Waals surface area (Å²) in [5.74, 6) is -0.0205. The molecule has 2 unspecified atom stereocenters. The second-order valence-corrected chi connectivity index (χ2v) is 6.56. The van der Waals surface area contributed by atoms with Crippen LogP contribution in [0.3, 0.4) is 0 Å². The van der Waals surface area contributed by atoms with Crippen LogP contribution >= 0.6 is 0 Å². The standard InChI is InChI=1S/C21H20N2O2/c1-14(24)20-13-21(25-23-20)17-9-7-16(8-10-17)19-12-11-18(22-19)15-5-3-2-4-6-15/h2-10,19,21H,11-13H2,1H3. The van der Waals surface area contributed by atoms with Gasteiger partial charge in [0.1, 0.15) is 5.71 Å². The summed E-state index contributed by atoms with van der Waals surface area (Å²) < 4.78 is 0. The second kappa shape index (κ2) is 6.63. The number of hydrogen-bond acceptors (Lipinski definition) is 4. The average molecular weight is 332 g/mol. The van der Waals surface area contributed by atoms with Crippen LogP contribution in [0.1, 0.15) is 55.0 Å². The van der Waals surface area contributed by atoms with Crippen molar-refractivity contribution in [3.8, 4) is 0 Å². The smallest absolute Gasteiger partial charge is 0.177 e. The number of Topliss-reactive ketones (excluding diaryl/α,β-unsaturated/α-hetero) is 1. The third-order valence-corrected chi connectivity index (χ3v) is 4.84. The lowest BCUT2D eigenvalue weighted by atomic mass is 9.98. The van der Waals surface area contributed by atoms with Crippen LogP contribution in [0.2, 0.25) is 0 Å². The maximum atomic E-state index is 11.4. The molecule has 4 nitrogen and oxygen atoms in total. The summed E-state index contributed by atoms with van der Waals surface area (Å²) in [5.41, 5.74) is 5.19. The van der Waals surface area contributed by atoms with Crippen molar-refractivity contribution < 1.29 is 9.63 Å². The number of ketones is 1. The fourth-order valence-electron chi connectivity index (χ4n) is 3.38. The average Bonchev–Trinajstić information content (AvgIpc) is 3.33. The number of oxime groups is 1. The minimum Gasteiger partial charge on any atom is -0.387 e. The van der Waals surface area contributed by atoms with Crippen LogP contribution in [-0.2, 0) is 9.63 Å². The summed E-state index contributed by atoms with van der Waals surface area (Å²) in [5, 5.41) is 3.88. The number of benzene rings is 2. The van der Waals surface area contributed by atoms with Gasteiger partial charge in [0.15, 0.2) is 11.9 Å². The SMILES string of the molecule is CC(=O)C1=NOC(c2ccc(C3CCC(c4ccccc4)=N3)cc2)C1. The van der Waals surface area contributed by atoms with Crippen LogP contribution in [-0.4, -0.2) is 17.2 Å². The van der Waals surface area contributed by atoms with E-state index < -0.39 is 0 Å². The molecule has 0 saturated heterocycles. The molecule has 2 atom stereocenters. The van der Waals surface area contributed by atoms with Gasteiger partial charge in [0.25, 0.3) is 0 Å². The highest BCUT2D eigenvalue weighted by atomic mass is 16.6. The highest BCUT2D eigenvalue weighted by Gasteiger charge is 2.26. The molecule has 4 rings (SSSR count). The normalized spacial score (nSPS) is 22.3. The van der Waals surface area contributed by atoms with Gasteiger partial charge in [-0.1, -0.05) is 59.8 Å². The third kappa shape index (κ3) is 3.25. The predicted molar refractivity (Wildman–Crippen MR) is 98.0 cm³/mol. The Bertz CT molecular complexity index is 838. The number of hydrogen-bond donors (Lipinski definition) is 0. The maximum Gasteiger partial charge on any atom is 0.177 e. The lowest BCUT2D eigenvalue weighted by Gasteiger charge is -2.11. The molecule has 0 aromatic heterocycles. The van der Waals surface area contributed by atoms with Gasteiger partial charge in [-0.15, -0.1) is 0 Å². The van der Waals surface area contributed by atoms with Crippen molar-refractivity contribution in [1.82, 2.24) is 0 Å². The molecule has 0 bridgehead atoms. The van der Waals surface area contributed by atoms with Gasteiger partial charge in [0.05, 0.1) is 6.04 Å². The molecule has 0 saturated carbocycles. The van der Waals surface area contributed by atoms with Gasteiger partial charge in [0, 0.05) is 19.1 Å². The highest BCUT2D eigenvalue weighted by molar-refractivity contribution is 6.39. The fourth-order valence-corrected chi connectivity index (χ4v) is 3.38. The molecule has 2 aliphatic rings. The largest absolute Gasteiger partial charge is 0.387 e. The van der Waals surface area contributed by atoms with Crippen molar-refractivity contribution >= 4 is 17.2 Å². The summed E-state index contributed by atoms with van der Waals surface area (Å²) in [6.45, 7) is 1.52. The van der Waals surface area contributed by atoms with E-state index >= 15 is 0 Å². The van der Waals surface area contributed by atoms with E-state index in [2.05, 4.69) is 53.7 Å². The highest BCUT2D eigenvalue weighted by Crippen LogP contribution is 2.33. The third-order valence-electron chi connectivity index (χ3n) is 4.84. The Morgan fingerprint density at radius 2 is 1.76 bits per heavy atom. The Labute approximate surface area is 147 Å². The van der Waals surface area contributed by atoms with E-state index in [1.165, 1.54) is 23.8 Å². The first kappa shape index (κ1) is 15.8. The monoisotopic (exact) mass is 332 g/mol. The number of rotatable bonds is 4. The van der Waals surface area contributed by atoms with Gasteiger partial charge >= 0.3 is 0 Å². The number of carbonyl (C=O) groups excluding carboxylic acids is 1. The zero-order chi connectivity index (χ0) is 17.2. The first-order valence-corrected chi connectivity index (χ1v) is 8.66. The van der Waals surface area contributed by atoms with Crippen LogP contribution in [0.5, 0.6) is 0 Å². The Morgan fingerprint density at radius 3 is 2.44 bits per heavy atom. The molecule has 2 aromatic rings. The zero-order valence-electron chi connectivity index (χ0n) is 14.2. The fraction of sp³-hybridized carbons (Fsp3) is 0.286. The Morgan fingerprint density at radius 1 is 1.04 bits per heavy atom. The van der Waals surface area contributed by atoms with Crippen molar-refractivity contribution in [2.75, 3.05) is 0 Å². The van der Waals surface area contributed by atoms with Crippen LogP contribution in [0.15, 0.2) is 64.7 Å². The lowest BCUT2D eigenvalue weighted by molar-refractivity contribution is -0.111. The van der Waals surface area contributed by atoms with Gasteiger partial charge in [-0.25, -0.2) is 0 Å². The van der Waals surface area contributed by atoms with E-state index in [1.54, 1.807) is 0 Å². The molecule has 0 fully saturated rings. The van der Waals surface area contributed by atoms with Crippen LogP contribution < -0.4 is 0 Å². The summed E-state index contributed by atoms with van der Waals surface area (Å²) in [4.78, 5) is 21.7. The van der Waals surface area contributed by atoms with Crippen molar-refractivity contribution in [3.05, 3.63) is 71.3 Å². The topological polar surface area (TPSA) is 51.0 Å². The summed E-state index contributed by atoms with van der Waals surface area (Å²) in [7, 11) is 0. The zero-order valence-corrected chi connectivity index (χ0v) is 14.2. The molecule has 25 heavy (non-hydrogen) atoms. The molecule has 0 amide bonds. The number of carbonyl (C=O) groups is 1. The Balaban J connectivity index is 1.47. The summed E-state index contributed by atoms with van der Waals surface area (Å²) in [6, 6.07) is 19.0. The molecular weight excluding hydrogens is 312 g/mol. The van der Waals surface area contributed by atoms with Crippen molar-refractivity contribution in [1.29, 1.82) is 0 Å². The minimum absolute atomic E-state index is 0.0205. The minimum atomic E-state index is -0.153. The number of aliphatic imine (C=N–C) groups is 1. The van der Waals surface area contributed by atoms with E-state index in [-0.39, 0.29) is 17.9 Å². The number of nitrogens with zero attached hydrogens (tertiary/aromatic N) is 2. The Hall–Kier alpha value is -2.75. The van der Waals surface area contributed by atoms with Crippen molar-refractivity contribution in [3.63, 3.8) is 0 Å². The first-order valence-electron chi connectivity index (χ1n) is 8.66. The molecule has 0 spiro atoms. The van der Waals surface area contributed by atoms with Crippen molar-refractivity contribution in [2.45, 2.75) is 38.3 Å². The first-order chi connectivity index (χ1) is 12.2. The van der Waals surface area contributed by atoms with E-state index in [4.69, 9.17) is 9.83 Å². The molecule has 0 aliphatic carbocycles. The Kier molecular flexibility index (Phi) is 4.18.